The topological polar surface area (TPSA) is 58.6 Å². The summed E-state index contributed by atoms with van der Waals surface area (Å²) in [6, 6.07) is 5.08. The molecule has 0 heterocycles. The van der Waals surface area contributed by atoms with E-state index in [9.17, 15) is 9.90 Å². The van der Waals surface area contributed by atoms with Crippen molar-refractivity contribution in [2.45, 2.75) is 19.3 Å². The van der Waals surface area contributed by atoms with Crippen molar-refractivity contribution in [2.75, 3.05) is 14.2 Å². The number of aliphatic carboxylic acids is 1. The molecule has 88 valence electrons. The van der Waals surface area contributed by atoms with Gasteiger partial charge in [-0.05, 0) is 24.1 Å². The molecule has 0 fully saturated rings. The standard InChI is InChI=1S/C12H16O4/c1-4-9(12(13)14)8-5-6-10(15-2)11(7-8)16-3/h5-7,9H,4H2,1-3H3,(H,13,14)/p-1/t9-/m0/s1. The van der Waals surface area contributed by atoms with E-state index < -0.39 is 11.9 Å². The van der Waals surface area contributed by atoms with Crippen LogP contribution < -0.4 is 14.6 Å². The minimum atomic E-state index is -1.07. The molecule has 0 N–H and O–H groups in total. The van der Waals surface area contributed by atoms with Crippen LogP contribution in [0, 0.1) is 0 Å². The highest BCUT2D eigenvalue weighted by Crippen LogP contribution is 2.31. The second kappa shape index (κ2) is 5.39. The van der Waals surface area contributed by atoms with Crippen molar-refractivity contribution in [3.8, 4) is 11.5 Å². The minimum Gasteiger partial charge on any atom is -0.549 e. The van der Waals surface area contributed by atoms with Crippen molar-refractivity contribution in [1.82, 2.24) is 0 Å². The molecule has 1 rings (SSSR count). The molecule has 1 aromatic carbocycles. The van der Waals surface area contributed by atoms with Crippen LogP contribution in [-0.2, 0) is 4.79 Å². The number of hydrogen-bond acceptors (Lipinski definition) is 4. The maximum Gasteiger partial charge on any atom is 0.161 e. The number of carbonyl (C=O) groups is 1. The van der Waals surface area contributed by atoms with Crippen LogP contribution in [0.2, 0.25) is 0 Å². The Morgan fingerprint density at radius 2 is 1.94 bits per heavy atom. The van der Waals surface area contributed by atoms with Crippen molar-refractivity contribution >= 4 is 5.97 Å². The van der Waals surface area contributed by atoms with E-state index in [4.69, 9.17) is 9.47 Å². The Hall–Kier alpha value is -1.71. The van der Waals surface area contributed by atoms with Crippen LogP contribution in [0.25, 0.3) is 0 Å². The second-order valence-electron chi connectivity index (χ2n) is 3.39. The predicted molar refractivity (Wildman–Crippen MR) is 57.6 cm³/mol. The van der Waals surface area contributed by atoms with Crippen molar-refractivity contribution in [2.24, 2.45) is 0 Å². The largest absolute Gasteiger partial charge is 0.549 e. The molecule has 0 saturated heterocycles. The zero-order valence-corrected chi connectivity index (χ0v) is 9.65. The van der Waals surface area contributed by atoms with Crippen molar-refractivity contribution in [3.05, 3.63) is 23.8 Å². The van der Waals surface area contributed by atoms with Gasteiger partial charge in [0.15, 0.2) is 11.5 Å². The first-order chi connectivity index (χ1) is 7.63. The van der Waals surface area contributed by atoms with Gasteiger partial charge in [-0.25, -0.2) is 0 Å². The Kier molecular flexibility index (Phi) is 4.17. The number of carboxylic acids is 1. The van der Waals surface area contributed by atoms with Gasteiger partial charge >= 0.3 is 0 Å². The van der Waals surface area contributed by atoms with E-state index in [0.29, 0.717) is 23.5 Å². The molecular weight excluding hydrogens is 208 g/mol. The first-order valence-corrected chi connectivity index (χ1v) is 5.06. The van der Waals surface area contributed by atoms with Crippen molar-refractivity contribution in [3.63, 3.8) is 0 Å². The SMILES string of the molecule is CC[C@H](C(=O)[O-])c1ccc(OC)c(OC)c1. The normalized spacial score (nSPS) is 11.9. The lowest BCUT2D eigenvalue weighted by Crippen LogP contribution is -2.29. The quantitative estimate of drug-likeness (QED) is 0.745. The first kappa shape index (κ1) is 12.4. The van der Waals surface area contributed by atoms with Gasteiger partial charge in [0.2, 0.25) is 0 Å². The monoisotopic (exact) mass is 223 g/mol. The highest BCUT2D eigenvalue weighted by atomic mass is 16.5. The molecule has 0 aliphatic heterocycles. The van der Waals surface area contributed by atoms with Crippen LogP contribution >= 0.6 is 0 Å². The van der Waals surface area contributed by atoms with E-state index in [1.165, 1.54) is 14.2 Å². The number of hydrogen-bond donors (Lipinski definition) is 0. The number of methoxy groups -OCH3 is 2. The third-order valence-electron chi connectivity index (χ3n) is 2.50. The molecule has 16 heavy (non-hydrogen) atoms. The maximum absolute atomic E-state index is 10.9. The Morgan fingerprint density at radius 1 is 1.31 bits per heavy atom. The van der Waals surface area contributed by atoms with Gasteiger partial charge in [0, 0.05) is 11.9 Å². The smallest absolute Gasteiger partial charge is 0.161 e. The molecule has 1 aromatic rings. The summed E-state index contributed by atoms with van der Waals surface area (Å²) in [7, 11) is 3.05. The zero-order chi connectivity index (χ0) is 12.1. The number of carbonyl (C=O) groups excluding carboxylic acids is 1. The van der Waals surface area contributed by atoms with Crippen LogP contribution in [0.4, 0.5) is 0 Å². The Bertz CT molecular complexity index is 373. The summed E-state index contributed by atoms with van der Waals surface area (Å²) in [5, 5.41) is 10.9. The third-order valence-corrected chi connectivity index (χ3v) is 2.50. The van der Waals surface area contributed by atoms with E-state index in [2.05, 4.69) is 0 Å². The van der Waals surface area contributed by atoms with E-state index in [-0.39, 0.29) is 0 Å². The van der Waals surface area contributed by atoms with Gasteiger partial charge in [0.1, 0.15) is 0 Å². The van der Waals surface area contributed by atoms with E-state index in [1.54, 1.807) is 25.1 Å². The molecule has 0 aliphatic rings. The number of benzene rings is 1. The summed E-state index contributed by atoms with van der Waals surface area (Å²) < 4.78 is 10.2. The molecule has 0 unspecified atom stereocenters. The van der Waals surface area contributed by atoms with Gasteiger partial charge in [-0.15, -0.1) is 0 Å². The van der Waals surface area contributed by atoms with Crippen LogP contribution in [0.15, 0.2) is 18.2 Å². The Balaban J connectivity index is 3.11. The summed E-state index contributed by atoms with van der Waals surface area (Å²) in [4.78, 5) is 10.9. The first-order valence-electron chi connectivity index (χ1n) is 5.06. The molecule has 0 bridgehead atoms. The van der Waals surface area contributed by atoms with Gasteiger partial charge in [0.05, 0.1) is 14.2 Å². The summed E-state index contributed by atoms with van der Waals surface area (Å²) in [6.45, 7) is 1.80. The molecule has 4 heteroatoms. The second-order valence-corrected chi connectivity index (χ2v) is 3.39. The predicted octanol–water partition coefficient (Wildman–Crippen LogP) is 0.947. The average molecular weight is 223 g/mol. The fourth-order valence-corrected chi connectivity index (χ4v) is 1.61. The number of ether oxygens (including phenoxy) is 2. The highest BCUT2D eigenvalue weighted by molar-refractivity contribution is 5.74. The van der Waals surface area contributed by atoms with Crippen LogP contribution in [0.3, 0.4) is 0 Å². The molecule has 0 aliphatic carbocycles. The van der Waals surface area contributed by atoms with Gasteiger partial charge in [0.25, 0.3) is 0 Å². The van der Waals surface area contributed by atoms with Crippen LogP contribution in [-0.4, -0.2) is 20.2 Å². The lowest BCUT2D eigenvalue weighted by molar-refractivity contribution is -0.308. The van der Waals surface area contributed by atoms with E-state index in [0.717, 1.165) is 0 Å². The van der Waals surface area contributed by atoms with Gasteiger partial charge in [-0.1, -0.05) is 13.0 Å². The molecule has 0 amide bonds. The molecule has 0 radical (unpaired) electrons. The number of rotatable bonds is 5. The lowest BCUT2D eigenvalue weighted by Gasteiger charge is -2.18. The zero-order valence-electron chi connectivity index (χ0n) is 9.65. The van der Waals surface area contributed by atoms with Crippen LogP contribution in [0.1, 0.15) is 24.8 Å². The number of carboxylic acid groups (broad SMARTS) is 1. The Morgan fingerprint density at radius 3 is 2.38 bits per heavy atom. The fourth-order valence-electron chi connectivity index (χ4n) is 1.61. The lowest BCUT2D eigenvalue weighted by atomic mass is 9.96. The molecule has 0 saturated carbocycles. The molecule has 4 nitrogen and oxygen atoms in total. The fraction of sp³-hybridized carbons (Fsp3) is 0.417. The summed E-state index contributed by atoms with van der Waals surface area (Å²) in [5.41, 5.74) is 0.667. The van der Waals surface area contributed by atoms with Gasteiger partial charge in [-0.2, -0.15) is 0 Å². The van der Waals surface area contributed by atoms with Crippen LogP contribution in [0.5, 0.6) is 11.5 Å². The van der Waals surface area contributed by atoms with E-state index >= 15 is 0 Å². The average Bonchev–Trinajstić information content (AvgIpc) is 2.29. The third kappa shape index (κ3) is 2.45. The summed E-state index contributed by atoms with van der Waals surface area (Å²) >= 11 is 0. The van der Waals surface area contributed by atoms with Gasteiger partial charge in [-0.3, -0.25) is 0 Å². The van der Waals surface area contributed by atoms with E-state index in [1.807, 2.05) is 0 Å². The highest BCUT2D eigenvalue weighted by Gasteiger charge is 2.13. The molecule has 0 spiro atoms. The summed E-state index contributed by atoms with van der Waals surface area (Å²) in [5.74, 6) is -0.575. The van der Waals surface area contributed by atoms with Gasteiger partial charge < -0.3 is 19.4 Å². The minimum absolute atomic E-state index is 0.484. The van der Waals surface area contributed by atoms with Crippen molar-refractivity contribution < 1.29 is 19.4 Å². The summed E-state index contributed by atoms with van der Waals surface area (Å²) in [6.07, 6.45) is 0.484. The molecule has 0 aromatic heterocycles. The molecular formula is C12H15O4-. The maximum atomic E-state index is 10.9. The molecule has 1 atom stereocenters. The Labute approximate surface area is 94.8 Å². The van der Waals surface area contributed by atoms with Crippen molar-refractivity contribution in [1.29, 1.82) is 0 Å².